The number of nitro groups is 1. The molecule has 1 amide bonds. The Morgan fingerprint density at radius 2 is 1.74 bits per heavy atom. The number of hydrogen-bond donors (Lipinski definition) is 1. The average molecular weight is 458 g/mol. The Morgan fingerprint density at radius 1 is 1.06 bits per heavy atom. The first-order valence-corrected chi connectivity index (χ1v) is 10.6. The molecule has 34 heavy (non-hydrogen) atoms. The summed E-state index contributed by atoms with van der Waals surface area (Å²) in [7, 11) is 1.86. The molecule has 0 aliphatic rings. The number of nitrogens with zero attached hydrogens (tertiary/aromatic N) is 3. The lowest BCUT2D eigenvalue weighted by atomic mass is 10.0. The van der Waals surface area contributed by atoms with E-state index in [0.717, 1.165) is 28.7 Å². The number of rotatable bonds is 7. The Labute approximate surface area is 195 Å². The normalized spacial score (nSPS) is 11.7. The molecule has 4 rings (SSSR count). The van der Waals surface area contributed by atoms with Crippen LogP contribution in [0.3, 0.4) is 0 Å². The molecule has 1 aromatic heterocycles. The summed E-state index contributed by atoms with van der Waals surface area (Å²) in [6, 6.07) is 19.8. The van der Waals surface area contributed by atoms with Crippen LogP contribution in [-0.2, 0) is 11.8 Å². The molecule has 3 aromatic carbocycles. The van der Waals surface area contributed by atoms with E-state index in [-0.39, 0.29) is 23.4 Å². The zero-order chi connectivity index (χ0) is 24.2. The zero-order valence-corrected chi connectivity index (χ0v) is 18.6. The van der Waals surface area contributed by atoms with Gasteiger partial charge in [0.1, 0.15) is 11.9 Å². The summed E-state index contributed by atoms with van der Waals surface area (Å²) in [6.07, 6.45) is 0. The van der Waals surface area contributed by atoms with Crippen LogP contribution in [0.2, 0.25) is 0 Å². The number of nitrogens with one attached hydrogen (secondary N) is 1. The van der Waals surface area contributed by atoms with Gasteiger partial charge in [-0.25, -0.2) is 9.78 Å². The van der Waals surface area contributed by atoms with E-state index in [1.54, 1.807) is 6.92 Å². The molecule has 0 radical (unpaired) electrons. The number of non-ortho nitro benzene ring substituents is 1. The maximum Gasteiger partial charge on any atom is 0.338 e. The Hall–Kier alpha value is -4.53. The van der Waals surface area contributed by atoms with Gasteiger partial charge in [-0.2, -0.15) is 0 Å². The number of esters is 1. The number of fused-ring (bicyclic) bond motifs is 1. The number of carbonyl (C=O) groups is 2. The first-order valence-electron chi connectivity index (χ1n) is 10.6. The zero-order valence-electron chi connectivity index (χ0n) is 18.6. The highest BCUT2D eigenvalue weighted by Crippen LogP contribution is 2.26. The van der Waals surface area contributed by atoms with Crippen LogP contribution in [0.4, 0.5) is 5.69 Å². The number of benzene rings is 3. The minimum absolute atomic E-state index is 0.0306. The first kappa shape index (κ1) is 22.7. The van der Waals surface area contributed by atoms with Crippen molar-refractivity contribution in [2.75, 3.05) is 6.61 Å². The number of para-hydroxylation sites is 2. The lowest BCUT2D eigenvalue weighted by Crippen LogP contribution is -2.31. The van der Waals surface area contributed by atoms with Crippen LogP contribution in [0.1, 0.15) is 45.1 Å². The van der Waals surface area contributed by atoms with E-state index < -0.39 is 22.8 Å². The fraction of sp³-hybridized carbons (Fsp3) is 0.160. The fourth-order valence-electron chi connectivity index (χ4n) is 3.76. The fourth-order valence-corrected chi connectivity index (χ4v) is 3.76. The molecule has 0 fully saturated rings. The molecule has 0 saturated heterocycles. The summed E-state index contributed by atoms with van der Waals surface area (Å²) in [6.45, 7) is 1.73. The van der Waals surface area contributed by atoms with Crippen LogP contribution in [0.25, 0.3) is 11.0 Å². The third kappa shape index (κ3) is 4.49. The van der Waals surface area contributed by atoms with Gasteiger partial charge in [0.2, 0.25) is 0 Å². The number of amides is 1. The molecule has 0 saturated carbocycles. The second kappa shape index (κ2) is 9.53. The van der Waals surface area contributed by atoms with Crippen molar-refractivity contribution in [2.24, 2.45) is 7.05 Å². The molecule has 1 atom stereocenters. The van der Waals surface area contributed by atoms with Crippen LogP contribution >= 0.6 is 0 Å². The molecule has 1 heterocycles. The topological polar surface area (TPSA) is 116 Å². The molecule has 4 aromatic rings. The number of carbonyl (C=O) groups excluding carboxylic acids is 2. The van der Waals surface area contributed by atoms with Crippen molar-refractivity contribution in [1.82, 2.24) is 14.9 Å². The number of nitro benzene ring substituents is 1. The van der Waals surface area contributed by atoms with Gasteiger partial charge in [-0.1, -0.05) is 42.5 Å². The molecular weight excluding hydrogens is 436 g/mol. The van der Waals surface area contributed by atoms with Crippen molar-refractivity contribution in [1.29, 1.82) is 0 Å². The van der Waals surface area contributed by atoms with Crippen molar-refractivity contribution in [3.05, 3.63) is 105 Å². The number of imidazole rings is 1. The first-order chi connectivity index (χ1) is 16.4. The monoisotopic (exact) mass is 458 g/mol. The third-order valence-electron chi connectivity index (χ3n) is 5.39. The largest absolute Gasteiger partial charge is 0.462 e. The third-order valence-corrected chi connectivity index (χ3v) is 5.39. The average Bonchev–Trinajstić information content (AvgIpc) is 3.19. The van der Waals surface area contributed by atoms with Gasteiger partial charge in [-0.3, -0.25) is 14.9 Å². The smallest absolute Gasteiger partial charge is 0.338 e. The summed E-state index contributed by atoms with van der Waals surface area (Å²) in [4.78, 5) is 41.0. The van der Waals surface area contributed by atoms with Gasteiger partial charge >= 0.3 is 5.97 Å². The highest BCUT2D eigenvalue weighted by molar-refractivity contribution is 5.99. The summed E-state index contributed by atoms with van der Waals surface area (Å²) >= 11 is 0. The predicted molar refractivity (Wildman–Crippen MR) is 126 cm³/mol. The second-order valence-corrected chi connectivity index (χ2v) is 7.58. The van der Waals surface area contributed by atoms with Crippen LogP contribution in [0.15, 0.2) is 72.8 Å². The minimum Gasteiger partial charge on any atom is -0.462 e. The van der Waals surface area contributed by atoms with Crippen LogP contribution in [0.5, 0.6) is 0 Å². The molecule has 0 aliphatic carbocycles. The standard InChI is InChI=1S/C25H22N4O5/c1-3-34-25(31)18-13-17(14-19(15-18)29(32)33)24(30)27-22(16-9-5-4-6-10-16)23-26-20-11-7-8-12-21(20)28(23)2/h4-15,22H,3H2,1-2H3,(H,27,30). The van der Waals surface area contributed by atoms with Crippen molar-refractivity contribution in [2.45, 2.75) is 13.0 Å². The summed E-state index contributed by atoms with van der Waals surface area (Å²) in [5.41, 5.74) is 1.97. The molecule has 9 nitrogen and oxygen atoms in total. The van der Waals surface area contributed by atoms with E-state index in [1.165, 1.54) is 6.07 Å². The maximum atomic E-state index is 13.3. The van der Waals surface area contributed by atoms with E-state index in [2.05, 4.69) is 5.32 Å². The Balaban J connectivity index is 1.76. The van der Waals surface area contributed by atoms with Gasteiger partial charge < -0.3 is 14.6 Å². The van der Waals surface area contributed by atoms with Crippen molar-refractivity contribution < 1.29 is 19.2 Å². The number of ether oxygens (including phenoxy) is 1. The van der Waals surface area contributed by atoms with E-state index in [4.69, 9.17) is 9.72 Å². The van der Waals surface area contributed by atoms with Crippen LogP contribution in [-0.4, -0.2) is 33.0 Å². The summed E-state index contributed by atoms with van der Waals surface area (Å²) in [5.74, 6) is -0.734. The maximum absolute atomic E-state index is 13.3. The van der Waals surface area contributed by atoms with Gasteiger partial charge in [-0.15, -0.1) is 0 Å². The van der Waals surface area contributed by atoms with E-state index in [0.29, 0.717) is 5.82 Å². The minimum atomic E-state index is -0.741. The Morgan fingerprint density at radius 3 is 2.41 bits per heavy atom. The van der Waals surface area contributed by atoms with E-state index >= 15 is 0 Å². The van der Waals surface area contributed by atoms with Gasteiger partial charge in [0.25, 0.3) is 11.6 Å². The molecular formula is C25H22N4O5. The van der Waals surface area contributed by atoms with Crippen LogP contribution in [0, 0.1) is 10.1 Å². The lowest BCUT2D eigenvalue weighted by Gasteiger charge is -2.19. The van der Waals surface area contributed by atoms with Gasteiger partial charge in [0.05, 0.1) is 28.1 Å². The van der Waals surface area contributed by atoms with Crippen molar-refractivity contribution in [3.63, 3.8) is 0 Å². The SMILES string of the molecule is CCOC(=O)c1cc(C(=O)NC(c2ccccc2)c2nc3ccccc3n2C)cc([N+](=O)[O-])c1. The number of hydrogen-bond acceptors (Lipinski definition) is 6. The Bertz CT molecular complexity index is 1380. The van der Waals surface area contributed by atoms with E-state index in [1.807, 2.05) is 66.2 Å². The lowest BCUT2D eigenvalue weighted by molar-refractivity contribution is -0.384. The van der Waals surface area contributed by atoms with Crippen LogP contribution < -0.4 is 5.32 Å². The predicted octanol–water partition coefficient (Wildman–Crippen LogP) is 4.18. The van der Waals surface area contributed by atoms with Gasteiger partial charge in [0.15, 0.2) is 0 Å². The Kier molecular flexibility index (Phi) is 6.35. The molecule has 0 aliphatic heterocycles. The summed E-state index contributed by atoms with van der Waals surface area (Å²) in [5, 5.41) is 14.4. The second-order valence-electron chi connectivity index (χ2n) is 7.58. The molecule has 0 spiro atoms. The number of aryl methyl sites for hydroxylation is 1. The molecule has 1 N–H and O–H groups in total. The molecule has 0 bridgehead atoms. The van der Waals surface area contributed by atoms with E-state index in [9.17, 15) is 19.7 Å². The molecule has 1 unspecified atom stereocenters. The molecule has 172 valence electrons. The van der Waals surface area contributed by atoms with Crippen molar-refractivity contribution >= 4 is 28.6 Å². The molecule has 9 heteroatoms. The summed E-state index contributed by atoms with van der Waals surface area (Å²) < 4.78 is 6.85. The highest BCUT2D eigenvalue weighted by atomic mass is 16.6. The van der Waals surface area contributed by atoms with Crippen molar-refractivity contribution in [3.8, 4) is 0 Å². The quantitative estimate of drug-likeness (QED) is 0.252. The van der Waals surface area contributed by atoms with Gasteiger partial charge in [0, 0.05) is 24.7 Å². The number of aromatic nitrogens is 2. The van der Waals surface area contributed by atoms with Gasteiger partial charge in [-0.05, 0) is 30.7 Å². The highest BCUT2D eigenvalue weighted by Gasteiger charge is 2.25.